The molecule has 0 saturated heterocycles. The van der Waals surface area contributed by atoms with Crippen LogP contribution in [0.5, 0.6) is 0 Å². The molecule has 1 heterocycles. The minimum absolute atomic E-state index is 0.436. The Bertz CT molecular complexity index is 447. The second kappa shape index (κ2) is 7.47. The molecule has 1 fully saturated rings. The van der Waals surface area contributed by atoms with E-state index >= 15 is 0 Å². The fraction of sp³-hybridized carbons (Fsp3) is 0.706. The molecule has 2 nitrogen and oxygen atoms in total. The topological polar surface area (TPSA) is 38.9 Å². The number of thioether (sulfide) groups is 1. The van der Waals surface area contributed by atoms with E-state index in [4.69, 9.17) is 5.73 Å². The zero-order chi connectivity index (χ0) is 15.5. The maximum Gasteiger partial charge on any atom is 0.0963 e. The molecule has 1 aliphatic carbocycles. The molecule has 2 N–H and O–H groups in total. The van der Waals surface area contributed by atoms with Gasteiger partial charge >= 0.3 is 0 Å². The summed E-state index contributed by atoms with van der Waals surface area (Å²) in [5.41, 5.74) is 6.45. The summed E-state index contributed by atoms with van der Waals surface area (Å²) < 4.78 is 1.04. The van der Waals surface area contributed by atoms with Crippen molar-refractivity contribution in [2.24, 2.45) is 23.0 Å². The van der Waals surface area contributed by atoms with Gasteiger partial charge < -0.3 is 5.73 Å². The van der Waals surface area contributed by atoms with Crippen LogP contribution in [0.2, 0.25) is 0 Å². The Labute approximate surface area is 141 Å². The second-order valence-electron chi connectivity index (χ2n) is 6.82. The zero-order valence-corrected chi connectivity index (χ0v) is 15.7. The number of halogens is 1. The van der Waals surface area contributed by atoms with Crippen molar-refractivity contribution >= 4 is 27.7 Å². The average Bonchev–Trinajstić information content (AvgIpc) is 2.49. The molecule has 0 aliphatic heterocycles. The van der Waals surface area contributed by atoms with E-state index in [0.717, 1.165) is 22.0 Å². The average molecular weight is 371 g/mol. The van der Waals surface area contributed by atoms with Gasteiger partial charge in [0.1, 0.15) is 0 Å². The smallest absolute Gasteiger partial charge is 0.0963 e. The highest BCUT2D eigenvalue weighted by atomic mass is 79.9. The van der Waals surface area contributed by atoms with Gasteiger partial charge in [-0.15, -0.1) is 11.8 Å². The Morgan fingerprint density at radius 2 is 2.14 bits per heavy atom. The van der Waals surface area contributed by atoms with Crippen molar-refractivity contribution in [3.63, 3.8) is 0 Å². The van der Waals surface area contributed by atoms with Crippen LogP contribution >= 0.6 is 27.7 Å². The van der Waals surface area contributed by atoms with Crippen LogP contribution in [-0.4, -0.2) is 16.8 Å². The van der Waals surface area contributed by atoms with Gasteiger partial charge in [-0.25, -0.2) is 4.98 Å². The van der Waals surface area contributed by atoms with Gasteiger partial charge in [-0.2, -0.15) is 0 Å². The first kappa shape index (κ1) is 17.3. The molecule has 1 aliphatic rings. The Balaban J connectivity index is 2.08. The van der Waals surface area contributed by atoms with E-state index in [1.165, 1.54) is 25.7 Å². The zero-order valence-electron chi connectivity index (χ0n) is 13.3. The van der Waals surface area contributed by atoms with Crippen LogP contribution in [-0.2, 0) is 0 Å². The molecule has 21 heavy (non-hydrogen) atoms. The van der Waals surface area contributed by atoms with E-state index in [0.29, 0.717) is 16.6 Å². The van der Waals surface area contributed by atoms with Crippen molar-refractivity contribution in [3.8, 4) is 0 Å². The maximum absolute atomic E-state index is 6.02. The standard InChI is InChI=1S/C17H27BrN2S/c1-4-17(2,3)13-6-5-12(10-19)15(9-13)21-16-8-7-14(18)11-20-16/h7-8,11-13,15H,4-6,9-10,19H2,1-3H3. The van der Waals surface area contributed by atoms with Gasteiger partial charge in [-0.1, -0.05) is 27.2 Å². The minimum Gasteiger partial charge on any atom is -0.330 e. The lowest BCUT2D eigenvalue weighted by molar-refractivity contribution is 0.134. The molecule has 118 valence electrons. The van der Waals surface area contributed by atoms with Crippen LogP contribution in [0.3, 0.4) is 0 Å². The van der Waals surface area contributed by atoms with Gasteiger partial charge in [-0.3, -0.25) is 0 Å². The SMILES string of the molecule is CCC(C)(C)C1CCC(CN)C(Sc2ccc(Br)cn2)C1. The lowest BCUT2D eigenvalue weighted by Crippen LogP contribution is -2.37. The molecule has 3 unspecified atom stereocenters. The Morgan fingerprint density at radius 1 is 1.38 bits per heavy atom. The molecule has 1 aromatic heterocycles. The molecule has 0 radical (unpaired) electrons. The lowest BCUT2D eigenvalue weighted by Gasteiger charge is -2.42. The predicted molar refractivity (Wildman–Crippen MR) is 95.5 cm³/mol. The largest absolute Gasteiger partial charge is 0.330 e. The molecule has 1 aromatic rings. The van der Waals surface area contributed by atoms with Crippen LogP contribution < -0.4 is 5.73 Å². The van der Waals surface area contributed by atoms with Gasteiger partial charge in [0, 0.05) is 15.9 Å². The first-order valence-corrected chi connectivity index (χ1v) is 9.61. The molecule has 0 spiro atoms. The normalized spacial score (nSPS) is 26.8. The lowest BCUT2D eigenvalue weighted by atomic mass is 9.67. The number of nitrogens with zero attached hydrogens (tertiary/aromatic N) is 1. The third kappa shape index (κ3) is 4.46. The molecule has 0 aromatic carbocycles. The number of hydrogen-bond donors (Lipinski definition) is 1. The van der Waals surface area contributed by atoms with Gasteiger partial charge in [0.15, 0.2) is 0 Å². The number of nitrogens with two attached hydrogens (primary N) is 1. The summed E-state index contributed by atoms with van der Waals surface area (Å²) in [5, 5.41) is 1.73. The van der Waals surface area contributed by atoms with Crippen LogP contribution in [0.4, 0.5) is 0 Å². The number of aromatic nitrogens is 1. The van der Waals surface area contributed by atoms with Crippen molar-refractivity contribution in [2.45, 2.75) is 56.7 Å². The number of rotatable bonds is 5. The molecule has 3 atom stereocenters. The first-order valence-electron chi connectivity index (χ1n) is 7.94. The second-order valence-corrected chi connectivity index (χ2v) is 8.99. The highest BCUT2D eigenvalue weighted by Crippen LogP contribution is 2.46. The van der Waals surface area contributed by atoms with E-state index in [-0.39, 0.29) is 0 Å². The van der Waals surface area contributed by atoms with Gasteiger partial charge in [0.25, 0.3) is 0 Å². The van der Waals surface area contributed by atoms with Crippen molar-refractivity contribution in [3.05, 3.63) is 22.8 Å². The summed E-state index contributed by atoms with van der Waals surface area (Å²) in [6.07, 6.45) is 6.99. The maximum atomic E-state index is 6.02. The molecule has 0 bridgehead atoms. The van der Waals surface area contributed by atoms with E-state index in [1.54, 1.807) is 0 Å². The van der Waals surface area contributed by atoms with E-state index < -0.39 is 0 Å². The Kier molecular flexibility index (Phi) is 6.15. The molecule has 2 rings (SSSR count). The summed E-state index contributed by atoms with van der Waals surface area (Å²) in [6.45, 7) is 7.95. The Hall–Kier alpha value is -0.0600. The van der Waals surface area contributed by atoms with Crippen LogP contribution in [0.15, 0.2) is 27.8 Å². The van der Waals surface area contributed by atoms with Crippen molar-refractivity contribution < 1.29 is 0 Å². The predicted octanol–water partition coefficient (Wildman–Crippen LogP) is 5.12. The number of pyridine rings is 1. The first-order chi connectivity index (χ1) is 9.96. The minimum atomic E-state index is 0.436. The van der Waals surface area contributed by atoms with Crippen molar-refractivity contribution in [2.75, 3.05) is 6.54 Å². The van der Waals surface area contributed by atoms with Gasteiger partial charge in [0.05, 0.1) is 5.03 Å². The molecule has 0 amide bonds. The third-order valence-electron chi connectivity index (χ3n) is 5.22. The van der Waals surface area contributed by atoms with Crippen LogP contribution in [0, 0.1) is 17.3 Å². The van der Waals surface area contributed by atoms with Crippen LogP contribution in [0.25, 0.3) is 0 Å². The fourth-order valence-electron chi connectivity index (χ4n) is 3.19. The summed E-state index contributed by atoms with van der Waals surface area (Å²) >= 11 is 5.37. The van der Waals surface area contributed by atoms with Crippen molar-refractivity contribution in [1.29, 1.82) is 0 Å². The fourth-order valence-corrected chi connectivity index (χ4v) is 4.76. The molecular weight excluding hydrogens is 344 g/mol. The van der Waals surface area contributed by atoms with Crippen LogP contribution in [0.1, 0.15) is 46.5 Å². The Morgan fingerprint density at radius 3 is 2.71 bits per heavy atom. The molecular formula is C17H27BrN2S. The summed E-state index contributed by atoms with van der Waals surface area (Å²) in [4.78, 5) is 4.52. The molecule has 4 heteroatoms. The van der Waals surface area contributed by atoms with Gasteiger partial charge in [-0.05, 0) is 71.1 Å². The monoisotopic (exact) mass is 370 g/mol. The van der Waals surface area contributed by atoms with E-state index in [2.05, 4.69) is 53.8 Å². The summed E-state index contributed by atoms with van der Waals surface area (Å²) in [7, 11) is 0. The summed E-state index contributed by atoms with van der Waals surface area (Å²) in [5.74, 6) is 1.43. The third-order valence-corrected chi connectivity index (χ3v) is 7.05. The van der Waals surface area contributed by atoms with Gasteiger partial charge in [0.2, 0.25) is 0 Å². The molecule has 1 saturated carbocycles. The highest BCUT2D eigenvalue weighted by Gasteiger charge is 2.37. The van der Waals surface area contributed by atoms with Crippen molar-refractivity contribution in [1.82, 2.24) is 4.98 Å². The number of hydrogen-bond acceptors (Lipinski definition) is 3. The highest BCUT2D eigenvalue weighted by molar-refractivity contribution is 9.10. The quantitative estimate of drug-likeness (QED) is 0.781. The van der Waals surface area contributed by atoms with E-state index in [9.17, 15) is 0 Å². The summed E-state index contributed by atoms with van der Waals surface area (Å²) in [6, 6.07) is 4.18. The van der Waals surface area contributed by atoms with E-state index in [1.807, 2.05) is 18.0 Å².